The second-order valence-corrected chi connectivity index (χ2v) is 10.6. The van der Waals surface area contributed by atoms with Crippen LogP contribution in [-0.4, -0.2) is 38.4 Å². The number of benzene rings is 3. The van der Waals surface area contributed by atoms with Gasteiger partial charge >= 0.3 is 0 Å². The molecule has 1 N–H and O–H groups in total. The molecule has 4 aromatic rings. The van der Waals surface area contributed by atoms with Gasteiger partial charge in [0, 0.05) is 12.6 Å². The molecule has 1 atom stereocenters. The molecule has 3 aromatic carbocycles. The second kappa shape index (κ2) is 9.44. The van der Waals surface area contributed by atoms with Crippen LogP contribution in [0.5, 0.6) is 5.75 Å². The van der Waals surface area contributed by atoms with Crippen molar-refractivity contribution < 1.29 is 17.9 Å². The maximum Gasteiger partial charge on any atom is 0.262 e. The fourth-order valence-corrected chi connectivity index (χ4v) is 5.97. The van der Waals surface area contributed by atoms with Crippen molar-refractivity contribution in [1.82, 2.24) is 9.88 Å². The molecule has 0 aliphatic carbocycles. The second-order valence-electron chi connectivity index (χ2n) is 7.90. The molecule has 0 spiro atoms. The van der Waals surface area contributed by atoms with Gasteiger partial charge in [0.05, 0.1) is 34.0 Å². The molecule has 1 heterocycles. The minimum absolute atomic E-state index is 0.0327. The summed E-state index contributed by atoms with van der Waals surface area (Å²) in [6, 6.07) is 19.0. The van der Waals surface area contributed by atoms with Gasteiger partial charge in [0.25, 0.3) is 15.9 Å². The Kier molecular flexibility index (Phi) is 6.58. The van der Waals surface area contributed by atoms with Crippen LogP contribution in [0.4, 0.5) is 5.69 Å². The molecule has 0 bridgehead atoms. The number of sulfonamides is 1. The van der Waals surface area contributed by atoms with Gasteiger partial charge in [-0.2, -0.15) is 0 Å². The summed E-state index contributed by atoms with van der Waals surface area (Å²) in [5.41, 5.74) is 2.02. The summed E-state index contributed by atoms with van der Waals surface area (Å²) in [6.07, 6.45) is 0. The summed E-state index contributed by atoms with van der Waals surface area (Å²) >= 11 is 1.54. The highest BCUT2D eigenvalue weighted by Crippen LogP contribution is 2.31. The van der Waals surface area contributed by atoms with Gasteiger partial charge in [-0.05, 0) is 55.8 Å². The van der Waals surface area contributed by atoms with E-state index in [0.717, 1.165) is 15.2 Å². The zero-order valence-corrected chi connectivity index (χ0v) is 20.9. The van der Waals surface area contributed by atoms with Crippen molar-refractivity contribution in [3.05, 3.63) is 82.9 Å². The highest BCUT2D eigenvalue weighted by molar-refractivity contribution is 7.92. The Labute approximate surface area is 203 Å². The van der Waals surface area contributed by atoms with Crippen molar-refractivity contribution in [2.75, 3.05) is 18.9 Å². The Morgan fingerprint density at radius 3 is 2.53 bits per heavy atom. The average Bonchev–Trinajstić information content (AvgIpc) is 3.27. The third-order valence-electron chi connectivity index (χ3n) is 5.65. The summed E-state index contributed by atoms with van der Waals surface area (Å²) in [4.78, 5) is 19.6. The van der Waals surface area contributed by atoms with Crippen LogP contribution in [0.15, 0.2) is 71.6 Å². The number of para-hydroxylation sites is 3. The van der Waals surface area contributed by atoms with Gasteiger partial charge in [0.15, 0.2) is 0 Å². The number of nitrogens with one attached hydrogen (secondary N) is 1. The van der Waals surface area contributed by atoms with E-state index in [1.165, 1.54) is 24.5 Å². The molecule has 1 aromatic heterocycles. The fourth-order valence-electron chi connectivity index (χ4n) is 3.57. The van der Waals surface area contributed by atoms with Gasteiger partial charge in [-0.1, -0.05) is 30.3 Å². The third kappa shape index (κ3) is 4.62. The minimum atomic E-state index is -3.96. The molecule has 0 saturated heterocycles. The van der Waals surface area contributed by atoms with Crippen LogP contribution in [0.2, 0.25) is 0 Å². The number of fused-ring (bicyclic) bond motifs is 1. The van der Waals surface area contributed by atoms with Gasteiger partial charge in [0.1, 0.15) is 10.8 Å². The maximum atomic E-state index is 13.3. The van der Waals surface area contributed by atoms with E-state index in [1.807, 2.05) is 31.2 Å². The molecule has 176 valence electrons. The van der Waals surface area contributed by atoms with Crippen molar-refractivity contribution in [3.63, 3.8) is 0 Å². The molecular formula is C25H25N3O4S2. The Bertz CT molecular complexity index is 1430. The SMILES string of the molecule is COc1ccccc1NS(=O)(=O)c1cc(C(=O)N(C)[C@@H](C)c2nc3ccccc3s2)ccc1C. The Morgan fingerprint density at radius 2 is 1.79 bits per heavy atom. The van der Waals surface area contributed by atoms with Gasteiger partial charge < -0.3 is 9.64 Å². The first kappa shape index (κ1) is 23.7. The van der Waals surface area contributed by atoms with Crippen molar-refractivity contribution in [2.24, 2.45) is 0 Å². The lowest BCUT2D eigenvalue weighted by atomic mass is 10.1. The molecule has 4 rings (SSSR count). The van der Waals surface area contributed by atoms with Crippen LogP contribution in [0.1, 0.15) is 33.9 Å². The molecule has 9 heteroatoms. The van der Waals surface area contributed by atoms with E-state index in [-0.39, 0.29) is 22.4 Å². The fraction of sp³-hybridized carbons (Fsp3) is 0.200. The van der Waals surface area contributed by atoms with Crippen molar-refractivity contribution in [3.8, 4) is 5.75 Å². The van der Waals surface area contributed by atoms with Crippen LogP contribution < -0.4 is 9.46 Å². The van der Waals surface area contributed by atoms with Gasteiger partial charge in [-0.25, -0.2) is 13.4 Å². The number of hydrogen-bond donors (Lipinski definition) is 1. The van der Waals surface area contributed by atoms with Gasteiger partial charge in [-0.15, -0.1) is 11.3 Å². The number of carbonyl (C=O) groups is 1. The Balaban J connectivity index is 1.62. The van der Waals surface area contributed by atoms with E-state index in [9.17, 15) is 13.2 Å². The Hall–Kier alpha value is -3.43. The molecule has 7 nitrogen and oxygen atoms in total. The smallest absolute Gasteiger partial charge is 0.262 e. The first-order chi connectivity index (χ1) is 16.2. The summed E-state index contributed by atoms with van der Waals surface area (Å²) < 4.78 is 35.2. The largest absolute Gasteiger partial charge is 0.495 e. The number of anilines is 1. The number of methoxy groups -OCH3 is 1. The number of nitrogens with zero attached hydrogens (tertiary/aromatic N) is 2. The van der Waals surface area contributed by atoms with E-state index in [2.05, 4.69) is 9.71 Å². The predicted molar refractivity (Wildman–Crippen MR) is 135 cm³/mol. The topological polar surface area (TPSA) is 88.6 Å². The first-order valence-corrected chi connectivity index (χ1v) is 12.9. The summed E-state index contributed by atoms with van der Waals surface area (Å²) in [6.45, 7) is 3.60. The number of aromatic nitrogens is 1. The van der Waals surface area contributed by atoms with Crippen LogP contribution in [0, 0.1) is 6.92 Å². The molecule has 34 heavy (non-hydrogen) atoms. The molecule has 0 fully saturated rings. The van der Waals surface area contributed by atoms with E-state index < -0.39 is 10.0 Å². The number of hydrogen-bond acceptors (Lipinski definition) is 6. The minimum Gasteiger partial charge on any atom is -0.495 e. The third-order valence-corrected chi connectivity index (χ3v) is 8.36. The summed E-state index contributed by atoms with van der Waals surface area (Å²) in [5.74, 6) is 0.112. The molecule has 0 radical (unpaired) electrons. The predicted octanol–water partition coefficient (Wildman–Crippen LogP) is 5.25. The standard InChI is InChI=1S/C25H25N3O4S2/c1-16-13-14-18(15-23(16)34(30,31)27-19-9-5-7-11-21(19)32-4)25(29)28(3)17(2)24-26-20-10-6-8-12-22(20)33-24/h5-15,17,27H,1-4H3/t17-/m0/s1. The van der Waals surface area contributed by atoms with Crippen molar-refractivity contribution >= 4 is 43.2 Å². The van der Waals surface area contributed by atoms with Crippen LogP contribution >= 0.6 is 11.3 Å². The van der Waals surface area contributed by atoms with Crippen LogP contribution in [-0.2, 0) is 10.0 Å². The zero-order chi connectivity index (χ0) is 24.5. The number of rotatable bonds is 7. The average molecular weight is 496 g/mol. The van der Waals surface area contributed by atoms with Crippen molar-refractivity contribution in [2.45, 2.75) is 24.8 Å². The van der Waals surface area contributed by atoms with E-state index in [1.54, 1.807) is 55.3 Å². The normalized spacial score (nSPS) is 12.4. The molecule has 1 amide bonds. The van der Waals surface area contributed by atoms with Gasteiger partial charge in [0.2, 0.25) is 0 Å². The lowest BCUT2D eigenvalue weighted by molar-refractivity contribution is 0.0742. The number of thiazole rings is 1. The lowest BCUT2D eigenvalue weighted by Gasteiger charge is -2.24. The molecule has 0 saturated carbocycles. The number of amides is 1. The maximum absolute atomic E-state index is 13.3. The molecule has 0 aliphatic rings. The van der Waals surface area contributed by atoms with Gasteiger partial charge in [-0.3, -0.25) is 9.52 Å². The Morgan fingerprint density at radius 1 is 1.09 bits per heavy atom. The summed E-state index contributed by atoms with van der Waals surface area (Å²) in [5, 5.41) is 0.815. The first-order valence-electron chi connectivity index (χ1n) is 10.6. The quantitative estimate of drug-likeness (QED) is 0.378. The molecule has 0 aliphatic heterocycles. The van der Waals surface area contributed by atoms with E-state index in [0.29, 0.717) is 17.0 Å². The number of carbonyl (C=O) groups excluding carboxylic acids is 1. The number of aryl methyl sites for hydroxylation is 1. The summed E-state index contributed by atoms with van der Waals surface area (Å²) in [7, 11) is -0.792. The highest BCUT2D eigenvalue weighted by atomic mass is 32.2. The van der Waals surface area contributed by atoms with E-state index >= 15 is 0 Å². The van der Waals surface area contributed by atoms with Crippen LogP contribution in [0.25, 0.3) is 10.2 Å². The zero-order valence-electron chi connectivity index (χ0n) is 19.3. The molecule has 0 unspecified atom stereocenters. The van der Waals surface area contributed by atoms with Crippen LogP contribution in [0.3, 0.4) is 0 Å². The lowest BCUT2D eigenvalue weighted by Crippen LogP contribution is -2.30. The highest BCUT2D eigenvalue weighted by Gasteiger charge is 2.25. The molecular weight excluding hydrogens is 470 g/mol. The monoisotopic (exact) mass is 495 g/mol. The van der Waals surface area contributed by atoms with Crippen molar-refractivity contribution in [1.29, 1.82) is 0 Å². The number of ether oxygens (including phenoxy) is 1. The van der Waals surface area contributed by atoms with E-state index in [4.69, 9.17) is 4.74 Å².